The van der Waals surface area contributed by atoms with Crippen LogP contribution < -0.4 is 16.4 Å². The lowest BCUT2D eigenvalue weighted by atomic mass is 10.1. The zero-order valence-electron chi connectivity index (χ0n) is 27.0. The Morgan fingerprint density at radius 2 is 1.40 bits per heavy atom. The number of rotatable bonds is 21. The van der Waals surface area contributed by atoms with Crippen LogP contribution in [0.1, 0.15) is 47.5 Å². The van der Waals surface area contributed by atoms with Crippen LogP contribution in [0.2, 0.25) is 0 Å². The molecule has 252 valence electrons. The van der Waals surface area contributed by atoms with Gasteiger partial charge in [-0.1, -0.05) is 13.8 Å². The number of carbonyl (C=O) groups excluding carboxylic acids is 5. The monoisotopic (exact) mass is 636 g/mol. The van der Waals surface area contributed by atoms with E-state index in [2.05, 4.69) is 44.0 Å². The predicted molar refractivity (Wildman–Crippen MR) is 170 cm³/mol. The van der Waals surface area contributed by atoms with Crippen molar-refractivity contribution < 1.29 is 42.9 Å². The third kappa shape index (κ3) is 29.6. The molecule has 1 atom stereocenters. The predicted octanol–water partition coefficient (Wildman–Crippen LogP) is 0.794. The molecule has 14 heteroatoms. The van der Waals surface area contributed by atoms with Gasteiger partial charge in [0.15, 0.2) is 5.78 Å². The molecule has 0 aromatic carbocycles. The Balaban J connectivity index is -0.000000673. The van der Waals surface area contributed by atoms with Crippen molar-refractivity contribution in [1.82, 2.24) is 15.5 Å². The molecule has 0 aromatic heterocycles. The highest BCUT2D eigenvalue weighted by molar-refractivity contribution is 7.79. The van der Waals surface area contributed by atoms with Crippen LogP contribution in [0.15, 0.2) is 12.2 Å². The summed E-state index contributed by atoms with van der Waals surface area (Å²) < 4.78 is 21.0. The van der Waals surface area contributed by atoms with Gasteiger partial charge in [-0.2, -0.15) is 12.6 Å². The highest BCUT2D eigenvalue weighted by atomic mass is 32.1. The van der Waals surface area contributed by atoms with Gasteiger partial charge in [-0.05, 0) is 33.4 Å². The van der Waals surface area contributed by atoms with E-state index in [1.807, 2.05) is 20.6 Å². The first-order chi connectivity index (χ1) is 20.5. The fourth-order valence-corrected chi connectivity index (χ4v) is 2.88. The number of carbonyl (C=O) groups is 5. The number of hydrogen-bond acceptors (Lipinski definition) is 12. The lowest BCUT2D eigenvalue weighted by molar-refractivity contribution is -0.137. The summed E-state index contributed by atoms with van der Waals surface area (Å²) in [6.07, 6.45) is 5.04. The van der Waals surface area contributed by atoms with Gasteiger partial charge in [0.1, 0.15) is 13.4 Å². The molecule has 0 aliphatic carbocycles. The maximum absolute atomic E-state index is 11.5. The van der Waals surface area contributed by atoms with Crippen molar-refractivity contribution in [3.8, 4) is 0 Å². The molecule has 1 aliphatic rings. The molecule has 0 radical (unpaired) electrons. The topological polar surface area (TPSA) is 176 Å². The van der Waals surface area contributed by atoms with Crippen molar-refractivity contribution in [2.24, 2.45) is 11.7 Å². The van der Waals surface area contributed by atoms with Gasteiger partial charge in [0.25, 0.3) is 11.8 Å². The zero-order chi connectivity index (χ0) is 33.5. The number of hydrogen-bond donors (Lipinski definition) is 4. The van der Waals surface area contributed by atoms with E-state index in [4.69, 9.17) is 29.5 Å². The Kier molecular flexibility index (Phi) is 32.9. The third-order valence-electron chi connectivity index (χ3n) is 5.35. The summed E-state index contributed by atoms with van der Waals surface area (Å²) in [6, 6.07) is 0. The molecule has 1 aliphatic heterocycles. The lowest BCUT2D eigenvalue weighted by Crippen LogP contribution is -2.38. The number of nitrogens with one attached hydrogen (secondary N) is 2. The van der Waals surface area contributed by atoms with Crippen LogP contribution in [0.4, 0.5) is 0 Å². The largest absolute Gasteiger partial charge is 0.378 e. The summed E-state index contributed by atoms with van der Waals surface area (Å²) >= 11 is 3.53. The van der Waals surface area contributed by atoms with E-state index >= 15 is 0 Å². The van der Waals surface area contributed by atoms with Crippen LogP contribution in [0.25, 0.3) is 0 Å². The number of ether oxygens (including phenoxy) is 4. The highest BCUT2D eigenvalue weighted by Gasteiger charge is 2.23. The quantitative estimate of drug-likeness (QED) is 0.0796. The molecule has 4 N–H and O–H groups in total. The van der Waals surface area contributed by atoms with Gasteiger partial charge in [-0.3, -0.25) is 24.1 Å². The molecule has 1 unspecified atom stereocenters. The van der Waals surface area contributed by atoms with Gasteiger partial charge in [0.2, 0.25) is 5.91 Å². The van der Waals surface area contributed by atoms with Crippen molar-refractivity contribution >= 4 is 42.9 Å². The minimum absolute atomic E-state index is 0.0821. The van der Waals surface area contributed by atoms with Gasteiger partial charge in [-0.15, -0.1) is 0 Å². The van der Waals surface area contributed by atoms with Crippen molar-refractivity contribution in [2.75, 3.05) is 85.3 Å². The molecule has 0 saturated carbocycles. The van der Waals surface area contributed by atoms with Crippen molar-refractivity contribution in [2.45, 2.75) is 53.0 Å². The Hall–Kier alpha value is -2.20. The Morgan fingerprint density at radius 1 is 0.907 bits per heavy atom. The Labute approximate surface area is 263 Å². The standard InChI is InChI=1S/C14H29NO3.C13H21N3O5.CH2O.CH4S/c1-6-12(2)13(16)11-18-10-9-17-8-7-15-14(3,4)5;14-4-7-20-9-10-21-8-5-15-11(17)3-6-16-12(18)1-2-13(16)19;2*1-2/h12,15H,6-11H2,1-5H3;1-2H,3-10,14H2,(H,15,17);1H2;2H,1H3. The maximum atomic E-state index is 11.5. The summed E-state index contributed by atoms with van der Waals surface area (Å²) in [7, 11) is 0. The van der Waals surface area contributed by atoms with E-state index in [1.165, 1.54) is 12.2 Å². The molecular formula is C29H56N4O9S. The van der Waals surface area contributed by atoms with Crippen molar-refractivity contribution in [3.05, 3.63) is 12.2 Å². The molecule has 1 rings (SSSR count). The minimum Gasteiger partial charge on any atom is -0.378 e. The summed E-state index contributed by atoms with van der Waals surface area (Å²) in [5.74, 6) is -0.721. The van der Waals surface area contributed by atoms with E-state index in [-0.39, 0.29) is 54.5 Å². The maximum Gasteiger partial charge on any atom is 0.253 e. The number of nitrogens with zero attached hydrogens (tertiary/aromatic N) is 1. The van der Waals surface area contributed by atoms with E-state index in [0.717, 1.165) is 17.9 Å². The summed E-state index contributed by atoms with van der Waals surface area (Å²) in [6.45, 7) is 17.8. The van der Waals surface area contributed by atoms with Crippen LogP contribution in [-0.4, -0.2) is 126 Å². The normalized spacial score (nSPS) is 12.8. The number of Topliss-reactive ketones (excluding diaryl/α,β-unsaturated/α-hetero) is 1. The zero-order valence-corrected chi connectivity index (χ0v) is 27.9. The summed E-state index contributed by atoms with van der Waals surface area (Å²) in [4.78, 5) is 54.5. The Bertz CT molecular complexity index is 747. The van der Waals surface area contributed by atoms with Gasteiger partial charge in [0, 0.05) is 56.2 Å². The second-order valence-electron chi connectivity index (χ2n) is 9.89. The molecule has 0 bridgehead atoms. The van der Waals surface area contributed by atoms with Gasteiger partial charge >= 0.3 is 0 Å². The molecule has 3 amide bonds. The molecule has 0 aromatic rings. The molecule has 0 saturated heterocycles. The van der Waals surface area contributed by atoms with Crippen molar-refractivity contribution in [3.63, 3.8) is 0 Å². The fourth-order valence-electron chi connectivity index (χ4n) is 2.88. The van der Waals surface area contributed by atoms with Crippen LogP contribution in [0.5, 0.6) is 0 Å². The summed E-state index contributed by atoms with van der Waals surface area (Å²) in [5.41, 5.74) is 5.38. The Morgan fingerprint density at radius 3 is 1.88 bits per heavy atom. The molecule has 13 nitrogen and oxygen atoms in total. The molecular weight excluding hydrogens is 580 g/mol. The van der Waals surface area contributed by atoms with E-state index < -0.39 is 0 Å². The molecule has 0 spiro atoms. The highest BCUT2D eigenvalue weighted by Crippen LogP contribution is 2.04. The van der Waals surface area contributed by atoms with Crippen LogP contribution in [-0.2, 0) is 42.9 Å². The first kappa shape index (κ1) is 45.2. The minimum atomic E-state index is -0.381. The first-order valence-corrected chi connectivity index (χ1v) is 15.2. The molecule has 1 heterocycles. The van der Waals surface area contributed by atoms with Gasteiger partial charge in [-0.25, -0.2) is 0 Å². The summed E-state index contributed by atoms with van der Waals surface area (Å²) in [5, 5.41) is 5.98. The first-order valence-electron chi connectivity index (χ1n) is 14.3. The van der Waals surface area contributed by atoms with Gasteiger partial charge < -0.3 is 40.1 Å². The number of thiol groups is 1. The van der Waals surface area contributed by atoms with Crippen LogP contribution in [0, 0.1) is 5.92 Å². The second kappa shape index (κ2) is 31.2. The number of nitrogens with two attached hydrogens (primary N) is 1. The van der Waals surface area contributed by atoms with Crippen LogP contribution in [0.3, 0.4) is 0 Å². The average Bonchev–Trinajstić information content (AvgIpc) is 3.32. The van der Waals surface area contributed by atoms with E-state index in [9.17, 15) is 19.2 Å². The lowest BCUT2D eigenvalue weighted by Gasteiger charge is -2.20. The van der Waals surface area contributed by atoms with Crippen LogP contribution >= 0.6 is 12.6 Å². The van der Waals surface area contributed by atoms with E-state index in [1.54, 1.807) is 6.26 Å². The molecule has 43 heavy (non-hydrogen) atoms. The average molecular weight is 637 g/mol. The third-order valence-corrected chi connectivity index (χ3v) is 5.35. The molecule has 0 fully saturated rings. The number of ketones is 1. The number of amides is 3. The fraction of sp³-hybridized carbons (Fsp3) is 0.759. The van der Waals surface area contributed by atoms with Crippen molar-refractivity contribution in [1.29, 1.82) is 0 Å². The SMILES string of the molecule is C=O.CCC(C)C(=O)COCCOCCNC(C)(C)C.CS.NCCOCCOCCNC(=O)CCN1C(=O)C=CC1=O. The van der Waals surface area contributed by atoms with Gasteiger partial charge in [0.05, 0.1) is 46.2 Å². The van der Waals surface area contributed by atoms with E-state index in [0.29, 0.717) is 59.3 Å². The smallest absolute Gasteiger partial charge is 0.253 e. The second-order valence-corrected chi connectivity index (χ2v) is 9.89. The number of imide groups is 1.